The first kappa shape index (κ1) is 14.4. The molecule has 0 aliphatic carbocycles. The summed E-state index contributed by atoms with van der Waals surface area (Å²) >= 11 is 0. The number of nitrogens with zero attached hydrogens (tertiary/aromatic N) is 1. The minimum absolute atomic E-state index is 0.106. The number of amides is 1. The molecule has 1 heterocycles. The normalized spacial score (nSPS) is 18.4. The van der Waals surface area contributed by atoms with E-state index < -0.39 is 10.0 Å². The highest BCUT2D eigenvalue weighted by atomic mass is 32.2. The Hall–Kier alpha value is -0.620. The summed E-state index contributed by atoms with van der Waals surface area (Å²) in [6.45, 7) is 5.42. The van der Waals surface area contributed by atoms with Crippen molar-refractivity contribution >= 4 is 15.9 Å². The monoisotopic (exact) mass is 262 g/mol. The third kappa shape index (κ3) is 5.04. The standard InChI is InChI=1S/C11H22N2O3S/c1-3-8-17(15,16)12-9-11-4-6-13(7-5-11)10(2)14/h11-12H,3-9H2,1-2H3. The largest absolute Gasteiger partial charge is 0.343 e. The number of nitrogens with one attached hydrogen (secondary N) is 1. The maximum absolute atomic E-state index is 11.5. The van der Waals surface area contributed by atoms with Gasteiger partial charge in [0, 0.05) is 26.6 Å². The predicted octanol–water partition coefficient (Wildman–Crippen LogP) is 0.574. The zero-order valence-electron chi connectivity index (χ0n) is 10.6. The number of hydrogen-bond acceptors (Lipinski definition) is 3. The molecule has 0 aromatic rings. The maximum Gasteiger partial charge on any atom is 0.219 e. The third-order valence-corrected chi connectivity index (χ3v) is 4.68. The number of rotatable bonds is 5. The molecule has 5 nitrogen and oxygen atoms in total. The van der Waals surface area contributed by atoms with Crippen LogP contribution >= 0.6 is 0 Å². The van der Waals surface area contributed by atoms with Crippen LogP contribution in [-0.2, 0) is 14.8 Å². The van der Waals surface area contributed by atoms with E-state index in [1.165, 1.54) is 0 Å². The summed E-state index contributed by atoms with van der Waals surface area (Å²) in [5, 5.41) is 0. The molecule has 0 radical (unpaired) electrons. The Morgan fingerprint density at radius 2 is 1.94 bits per heavy atom. The van der Waals surface area contributed by atoms with Gasteiger partial charge in [-0.2, -0.15) is 0 Å². The molecule has 1 rings (SSSR count). The van der Waals surface area contributed by atoms with Crippen molar-refractivity contribution in [2.75, 3.05) is 25.4 Å². The molecule has 0 aromatic heterocycles. The van der Waals surface area contributed by atoms with Crippen molar-refractivity contribution in [1.82, 2.24) is 9.62 Å². The third-order valence-electron chi connectivity index (χ3n) is 3.12. The zero-order chi connectivity index (χ0) is 12.9. The highest BCUT2D eigenvalue weighted by Crippen LogP contribution is 2.16. The van der Waals surface area contributed by atoms with Gasteiger partial charge in [0.25, 0.3) is 0 Å². The van der Waals surface area contributed by atoms with Crippen LogP contribution in [0.1, 0.15) is 33.1 Å². The second-order valence-corrected chi connectivity index (χ2v) is 6.54. The van der Waals surface area contributed by atoms with Crippen LogP contribution in [0.2, 0.25) is 0 Å². The molecule has 17 heavy (non-hydrogen) atoms. The van der Waals surface area contributed by atoms with Gasteiger partial charge in [-0.15, -0.1) is 0 Å². The highest BCUT2D eigenvalue weighted by molar-refractivity contribution is 7.89. The van der Waals surface area contributed by atoms with Crippen molar-refractivity contribution in [3.8, 4) is 0 Å². The van der Waals surface area contributed by atoms with Gasteiger partial charge in [-0.3, -0.25) is 4.79 Å². The SMILES string of the molecule is CCCS(=O)(=O)NCC1CCN(C(C)=O)CC1. The molecule has 100 valence electrons. The van der Waals surface area contributed by atoms with E-state index in [9.17, 15) is 13.2 Å². The van der Waals surface area contributed by atoms with E-state index in [0.29, 0.717) is 18.9 Å². The summed E-state index contributed by atoms with van der Waals surface area (Å²) in [5.41, 5.74) is 0. The quantitative estimate of drug-likeness (QED) is 0.788. The number of carbonyl (C=O) groups excluding carboxylic acids is 1. The summed E-state index contributed by atoms with van der Waals surface area (Å²) in [7, 11) is -3.09. The molecule has 1 aliphatic rings. The number of hydrogen-bond donors (Lipinski definition) is 1. The van der Waals surface area contributed by atoms with Gasteiger partial charge in [-0.1, -0.05) is 6.92 Å². The van der Waals surface area contributed by atoms with Crippen LogP contribution < -0.4 is 4.72 Å². The van der Waals surface area contributed by atoms with Crippen molar-refractivity contribution in [3.05, 3.63) is 0 Å². The van der Waals surface area contributed by atoms with E-state index in [0.717, 1.165) is 25.9 Å². The lowest BCUT2D eigenvalue weighted by Gasteiger charge is -2.31. The number of likely N-dealkylation sites (tertiary alicyclic amines) is 1. The zero-order valence-corrected chi connectivity index (χ0v) is 11.4. The second-order valence-electron chi connectivity index (χ2n) is 4.62. The summed E-state index contributed by atoms with van der Waals surface area (Å²) < 4.78 is 25.6. The van der Waals surface area contributed by atoms with Crippen LogP contribution in [0.15, 0.2) is 0 Å². The van der Waals surface area contributed by atoms with Crippen LogP contribution in [0, 0.1) is 5.92 Å². The number of sulfonamides is 1. The van der Waals surface area contributed by atoms with Gasteiger partial charge >= 0.3 is 0 Å². The minimum Gasteiger partial charge on any atom is -0.343 e. The molecule has 1 aliphatic heterocycles. The van der Waals surface area contributed by atoms with Gasteiger partial charge in [0.1, 0.15) is 0 Å². The smallest absolute Gasteiger partial charge is 0.219 e. The Kier molecular flexibility index (Phi) is 5.39. The Labute approximate surface area is 104 Å². The first-order valence-electron chi connectivity index (χ1n) is 6.17. The van der Waals surface area contributed by atoms with Gasteiger partial charge in [0.05, 0.1) is 5.75 Å². The molecule has 0 bridgehead atoms. The van der Waals surface area contributed by atoms with Gasteiger partial charge in [-0.25, -0.2) is 13.1 Å². The fraction of sp³-hybridized carbons (Fsp3) is 0.909. The molecular formula is C11H22N2O3S. The fourth-order valence-corrected chi connectivity index (χ4v) is 3.21. The van der Waals surface area contributed by atoms with Crippen LogP contribution in [0.25, 0.3) is 0 Å². The molecule has 0 spiro atoms. The average Bonchev–Trinajstić information content (AvgIpc) is 2.27. The van der Waals surface area contributed by atoms with Crippen molar-refractivity contribution in [1.29, 1.82) is 0 Å². The molecule has 6 heteroatoms. The minimum atomic E-state index is -3.09. The molecular weight excluding hydrogens is 240 g/mol. The Morgan fingerprint density at radius 3 is 2.41 bits per heavy atom. The Balaban J connectivity index is 2.29. The predicted molar refractivity (Wildman–Crippen MR) is 67.1 cm³/mol. The Bertz CT molecular complexity index is 346. The molecule has 0 unspecified atom stereocenters. The van der Waals surface area contributed by atoms with Gasteiger partial charge in [0.15, 0.2) is 0 Å². The molecule has 1 fully saturated rings. The summed E-state index contributed by atoms with van der Waals surface area (Å²) in [4.78, 5) is 12.9. The lowest BCUT2D eigenvalue weighted by Crippen LogP contribution is -2.40. The summed E-state index contributed by atoms with van der Waals surface area (Å²) in [6, 6.07) is 0. The lowest BCUT2D eigenvalue weighted by atomic mass is 9.97. The average molecular weight is 262 g/mol. The molecule has 0 atom stereocenters. The second kappa shape index (κ2) is 6.35. The van der Waals surface area contributed by atoms with E-state index in [2.05, 4.69) is 4.72 Å². The van der Waals surface area contributed by atoms with Crippen molar-refractivity contribution in [2.24, 2.45) is 5.92 Å². The fourth-order valence-electron chi connectivity index (χ4n) is 2.04. The van der Waals surface area contributed by atoms with Crippen LogP contribution in [0.5, 0.6) is 0 Å². The van der Waals surface area contributed by atoms with Crippen LogP contribution in [-0.4, -0.2) is 44.6 Å². The van der Waals surface area contributed by atoms with Crippen molar-refractivity contribution in [2.45, 2.75) is 33.1 Å². The maximum atomic E-state index is 11.5. The number of carbonyl (C=O) groups is 1. The van der Waals surface area contributed by atoms with Gasteiger partial charge < -0.3 is 4.90 Å². The Morgan fingerprint density at radius 1 is 1.35 bits per heavy atom. The molecule has 1 saturated heterocycles. The van der Waals surface area contributed by atoms with Crippen LogP contribution in [0.4, 0.5) is 0 Å². The van der Waals surface area contributed by atoms with E-state index >= 15 is 0 Å². The van der Waals surface area contributed by atoms with Crippen LogP contribution in [0.3, 0.4) is 0 Å². The molecule has 1 N–H and O–H groups in total. The topological polar surface area (TPSA) is 66.5 Å². The molecule has 0 saturated carbocycles. The summed E-state index contributed by atoms with van der Waals surface area (Å²) in [6.07, 6.45) is 2.40. The molecule has 0 aromatic carbocycles. The van der Waals surface area contributed by atoms with Crippen molar-refractivity contribution in [3.63, 3.8) is 0 Å². The summed E-state index contributed by atoms with van der Waals surface area (Å²) in [5.74, 6) is 0.659. The first-order chi connectivity index (χ1) is 7.94. The highest BCUT2D eigenvalue weighted by Gasteiger charge is 2.21. The lowest BCUT2D eigenvalue weighted by molar-refractivity contribution is -0.130. The van der Waals surface area contributed by atoms with E-state index in [1.807, 2.05) is 11.8 Å². The van der Waals surface area contributed by atoms with E-state index in [1.54, 1.807) is 6.92 Å². The van der Waals surface area contributed by atoms with Crippen molar-refractivity contribution < 1.29 is 13.2 Å². The first-order valence-corrected chi connectivity index (χ1v) is 7.82. The van der Waals surface area contributed by atoms with E-state index in [4.69, 9.17) is 0 Å². The number of piperidine rings is 1. The van der Waals surface area contributed by atoms with Gasteiger partial charge in [-0.05, 0) is 25.2 Å². The van der Waals surface area contributed by atoms with E-state index in [-0.39, 0.29) is 11.7 Å². The molecule has 1 amide bonds. The van der Waals surface area contributed by atoms with Gasteiger partial charge in [0.2, 0.25) is 15.9 Å².